The zero-order valence-corrected chi connectivity index (χ0v) is 15.0. The third-order valence-corrected chi connectivity index (χ3v) is 4.38. The third-order valence-electron chi connectivity index (χ3n) is 3.84. The van der Waals surface area contributed by atoms with E-state index < -0.39 is 0 Å². The van der Waals surface area contributed by atoms with Crippen LogP contribution in [0.2, 0.25) is 5.02 Å². The third kappa shape index (κ3) is 3.75. The number of nitrogens with zero attached hydrogens (tertiary/aromatic N) is 3. The minimum Gasteiger partial charge on any atom is -0.339 e. The smallest absolute Gasteiger partial charge is 0.253 e. The lowest BCUT2D eigenvalue weighted by Gasteiger charge is -2.21. The molecule has 0 spiro atoms. The second kappa shape index (κ2) is 7.64. The zero-order chi connectivity index (χ0) is 17.0. The molecule has 0 saturated carbocycles. The molecule has 0 N–H and O–H groups in total. The van der Waals surface area contributed by atoms with Gasteiger partial charge in [0.2, 0.25) is 0 Å². The van der Waals surface area contributed by atoms with Crippen LogP contribution in [0, 0.1) is 13.8 Å². The van der Waals surface area contributed by atoms with Gasteiger partial charge in [0.1, 0.15) is 0 Å². The highest BCUT2D eigenvalue weighted by molar-refractivity contribution is 6.31. The van der Waals surface area contributed by atoms with Gasteiger partial charge in [-0.3, -0.25) is 4.79 Å². The Morgan fingerprint density at radius 1 is 1.13 bits per heavy atom. The monoisotopic (exact) mass is 333 g/mol. The van der Waals surface area contributed by atoms with Crippen LogP contribution >= 0.6 is 11.6 Å². The topological polar surface area (TPSA) is 38.1 Å². The Morgan fingerprint density at radius 2 is 1.70 bits per heavy atom. The van der Waals surface area contributed by atoms with Crippen molar-refractivity contribution in [2.24, 2.45) is 0 Å². The highest BCUT2D eigenvalue weighted by Crippen LogP contribution is 2.22. The van der Waals surface area contributed by atoms with E-state index in [9.17, 15) is 4.79 Å². The molecule has 1 aromatic carbocycles. The van der Waals surface area contributed by atoms with E-state index >= 15 is 0 Å². The molecule has 2 aromatic rings. The number of hydrogen-bond acceptors (Lipinski definition) is 2. The molecule has 0 unspecified atom stereocenters. The molecule has 124 valence electrons. The molecular weight excluding hydrogens is 310 g/mol. The molecule has 5 heteroatoms. The predicted molar refractivity (Wildman–Crippen MR) is 94.5 cm³/mol. The lowest BCUT2D eigenvalue weighted by molar-refractivity contribution is 0.0755. The first-order valence-corrected chi connectivity index (χ1v) is 8.48. The SMILES string of the molecule is CCCN(CCC)C(=O)c1ccc(-n2nc(C)c(Cl)c2C)cc1. The number of aromatic nitrogens is 2. The molecule has 2 rings (SSSR count). The fourth-order valence-electron chi connectivity index (χ4n) is 2.66. The van der Waals surface area contributed by atoms with Gasteiger partial charge in [-0.2, -0.15) is 5.10 Å². The maximum atomic E-state index is 12.6. The summed E-state index contributed by atoms with van der Waals surface area (Å²) in [6.07, 6.45) is 1.93. The van der Waals surface area contributed by atoms with Crippen LogP contribution < -0.4 is 0 Å². The average molecular weight is 334 g/mol. The molecule has 1 aromatic heterocycles. The number of hydrogen-bond donors (Lipinski definition) is 0. The fraction of sp³-hybridized carbons (Fsp3) is 0.444. The van der Waals surface area contributed by atoms with Crippen molar-refractivity contribution in [2.75, 3.05) is 13.1 Å². The van der Waals surface area contributed by atoms with E-state index in [1.165, 1.54) is 0 Å². The Bertz CT molecular complexity index is 670. The van der Waals surface area contributed by atoms with Crippen molar-refractivity contribution in [3.8, 4) is 5.69 Å². The van der Waals surface area contributed by atoms with E-state index in [-0.39, 0.29) is 5.91 Å². The summed E-state index contributed by atoms with van der Waals surface area (Å²) in [7, 11) is 0. The first kappa shape index (κ1) is 17.5. The van der Waals surface area contributed by atoms with Gasteiger partial charge in [0, 0.05) is 18.7 Å². The van der Waals surface area contributed by atoms with Crippen molar-refractivity contribution in [3.63, 3.8) is 0 Å². The summed E-state index contributed by atoms with van der Waals surface area (Å²) in [5.41, 5.74) is 3.33. The van der Waals surface area contributed by atoms with E-state index in [1.807, 2.05) is 47.7 Å². The molecule has 1 heterocycles. The zero-order valence-electron chi connectivity index (χ0n) is 14.3. The summed E-state index contributed by atoms with van der Waals surface area (Å²) in [5, 5.41) is 5.12. The van der Waals surface area contributed by atoms with E-state index in [0.717, 1.165) is 43.0 Å². The van der Waals surface area contributed by atoms with Crippen LogP contribution in [0.1, 0.15) is 48.4 Å². The average Bonchev–Trinajstić information content (AvgIpc) is 2.82. The molecule has 1 amide bonds. The van der Waals surface area contributed by atoms with Gasteiger partial charge in [0.15, 0.2) is 0 Å². The van der Waals surface area contributed by atoms with Crippen molar-refractivity contribution in [1.82, 2.24) is 14.7 Å². The van der Waals surface area contributed by atoms with E-state index in [0.29, 0.717) is 10.6 Å². The van der Waals surface area contributed by atoms with E-state index in [4.69, 9.17) is 11.6 Å². The Labute approximate surface area is 143 Å². The van der Waals surface area contributed by atoms with Crippen LogP contribution in [0.25, 0.3) is 5.69 Å². The number of carbonyl (C=O) groups excluding carboxylic acids is 1. The van der Waals surface area contributed by atoms with Crippen LogP contribution in [0.5, 0.6) is 0 Å². The number of amides is 1. The molecule has 23 heavy (non-hydrogen) atoms. The normalized spacial score (nSPS) is 10.8. The van der Waals surface area contributed by atoms with Gasteiger partial charge in [-0.25, -0.2) is 4.68 Å². The summed E-state index contributed by atoms with van der Waals surface area (Å²) in [6.45, 7) is 9.59. The number of halogens is 1. The highest BCUT2D eigenvalue weighted by Gasteiger charge is 2.15. The van der Waals surface area contributed by atoms with Crippen LogP contribution in [0.4, 0.5) is 0 Å². The van der Waals surface area contributed by atoms with Crippen LogP contribution in [-0.4, -0.2) is 33.7 Å². The summed E-state index contributed by atoms with van der Waals surface area (Å²) in [4.78, 5) is 14.5. The largest absolute Gasteiger partial charge is 0.339 e. The van der Waals surface area contributed by atoms with Crippen molar-refractivity contribution < 1.29 is 4.79 Å². The highest BCUT2D eigenvalue weighted by atomic mass is 35.5. The maximum absolute atomic E-state index is 12.6. The fourth-order valence-corrected chi connectivity index (χ4v) is 2.78. The van der Waals surface area contributed by atoms with Gasteiger partial charge >= 0.3 is 0 Å². The van der Waals surface area contributed by atoms with Crippen LogP contribution in [0.15, 0.2) is 24.3 Å². The van der Waals surface area contributed by atoms with Crippen molar-refractivity contribution in [2.45, 2.75) is 40.5 Å². The van der Waals surface area contributed by atoms with E-state index in [2.05, 4.69) is 18.9 Å². The Hall–Kier alpha value is -1.81. The molecule has 0 aliphatic heterocycles. The maximum Gasteiger partial charge on any atom is 0.253 e. The summed E-state index contributed by atoms with van der Waals surface area (Å²) < 4.78 is 1.81. The molecule has 0 bridgehead atoms. The molecule has 0 radical (unpaired) electrons. The predicted octanol–water partition coefficient (Wildman–Crippen LogP) is 4.40. The van der Waals surface area contributed by atoms with Gasteiger partial charge in [-0.1, -0.05) is 25.4 Å². The van der Waals surface area contributed by atoms with Gasteiger partial charge in [0.25, 0.3) is 5.91 Å². The second-order valence-electron chi connectivity index (χ2n) is 5.74. The quantitative estimate of drug-likeness (QED) is 0.785. The minimum absolute atomic E-state index is 0.0895. The standard InChI is InChI=1S/C18H24ClN3O/c1-5-11-21(12-6-2)18(23)15-7-9-16(10-8-15)22-14(4)17(19)13(3)20-22/h7-10H,5-6,11-12H2,1-4H3. The van der Waals surface area contributed by atoms with Gasteiger partial charge in [-0.05, 0) is 51.0 Å². The van der Waals surface area contributed by atoms with Crippen molar-refractivity contribution >= 4 is 17.5 Å². The van der Waals surface area contributed by atoms with Crippen molar-refractivity contribution in [1.29, 1.82) is 0 Å². The Morgan fingerprint density at radius 3 is 2.13 bits per heavy atom. The number of rotatable bonds is 6. The second-order valence-corrected chi connectivity index (χ2v) is 6.11. The summed E-state index contributed by atoms with van der Waals surface area (Å²) >= 11 is 6.20. The molecule has 0 aliphatic rings. The Kier molecular flexibility index (Phi) is 5.83. The summed E-state index contributed by atoms with van der Waals surface area (Å²) in [5.74, 6) is 0.0895. The van der Waals surface area contributed by atoms with Crippen LogP contribution in [-0.2, 0) is 0 Å². The van der Waals surface area contributed by atoms with Gasteiger partial charge in [0.05, 0.1) is 22.1 Å². The number of carbonyl (C=O) groups is 1. The molecule has 0 saturated heterocycles. The van der Waals surface area contributed by atoms with Gasteiger partial charge in [-0.15, -0.1) is 0 Å². The molecule has 0 aliphatic carbocycles. The lowest BCUT2D eigenvalue weighted by Crippen LogP contribution is -2.32. The number of aryl methyl sites for hydroxylation is 1. The first-order chi connectivity index (χ1) is 11.0. The molecule has 0 fully saturated rings. The molecular formula is C18H24ClN3O. The van der Waals surface area contributed by atoms with Crippen molar-refractivity contribution in [3.05, 3.63) is 46.2 Å². The first-order valence-electron chi connectivity index (χ1n) is 8.11. The van der Waals surface area contributed by atoms with Crippen LogP contribution in [0.3, 0.4) is 0 Å². The minimum atomic E-state index is 0.0895. The number of benzene rings is 1. The van der Waals surface area contributed by atoms with Gasteiger partial charge < -0.3 is 4.90 Å². The van der Waals surface area contributed by atoms with E-state index in [1.54, 1.807) is 0 Å². The summed E-state index contributed by atoms with van der Waals surface area (Å²) in [6, 6.07) is 7.55. The Balaban J connectivity index is 2.24. The molecule has 4 nitrogen and oxygen atoms in total. The molecule has 0 atom stereocenters. The lowest BCUT2D eigenvalue weighted by atomic mass is 10.1.